The largest absolute Gasteiger partial charge is 0.392 e. The van der Waals surface area contributed by atoms with Crippen LogP contribution in [-0.4, -0.2) is 41.3 Å². The lowest BCUT2D eigenvalue weighted by Crippen LogP contribution is -2.56. The molecule has 1 saturated carbocycles. The van der Waals surface area contributed by atoms with Gasteiger partial charge in [0.1, 0.15) is 0 Å². The molecule has 0 heterocycles. The summed E-state index contributed by atoms with van der Waals surface area (Å²) in [4.78, 5) is 2.39. The van der Waals surface area contributed by atoms with Crippen molar-refractivity contribution in [3.63, 3.8) is 0 Å². The number of likely N-dealkylation sites (N-methyl/N-ethyl adjacent to an activating group) is 1. The monoisotopic (exact) mass is 214 g/mol. The molecule has 1 aliphatic carbocycles. The van der Waals surface area contributed by atoms with Crippen LogP contribution in [0.25, 0.3) is 0 Å². The molecule has 0 aromatic heterocycles. The first-order chi connectivity index (χ1) is 7.14. The minimum absolute atomic E-state index is 0.171. The second-order valence-corrected chi connectivity index (χ2v) is 4.88. The number of hydrogen-bond donors (Lipinski definition) is 2. The highest BCUT2D eigenvalue weighted by Gasteiger charge is 2.36. The van der Waals surface area contributed by atoms with Crippen molar-refractivity contribution in [2.75, 3.05) is 19.6 Å². The van der Waals surface area contributed by atoms with Crippen LogP contribution in [0.15, 0.2) is 0 Å². The Labute approximate surface area is 93.6 Å². The molecule has 1 rings (SSSR count). The average molecular weight is 214 g/mol. The molecule has 0 bridgehead atoms. The zero-order valence-corrected chi connectivity index (χ0v) is 10.2. The topological polar surface area (TPSA) is 49.5 Å². The Morgan fingerprint density at radius 3 is 2.33 bits per heavy atom. The number of aliphatic hydroxyl groups is 1. The lowest BCUT2D eigenvalue weighted by molar-refractivity contribution is 0.0235. The van der Waals surface area contributed by atoms with Gasteiger partial charge in [0.2, 0.25) is 0 Å². The molecule has 0 saturated heterocycles. The van der Waals surface area contributed by atoms with E-state index in [0.29, 0.717) is 0 Å². The Hall–Kier alpha value is -0.120. The Morgan fingerprint density at radius 2 is 1.93 bits per heavy atom. The second-order valence-electron chi connectivity index (χ2n) is 4.88. The highest BCUT2D eigenvalue weighted by atomic mass is 16.3. The van der Waals surface area contributed by atoms with Gasteiger partial charge in [0.15, 0.2) is 0 Å². The smallest absolute Gasteiger partial charge is 0.0639 e. The lowest BCUT2D eigenvalue weighted by atomic mass is 9.80. The van der Waals surface area contributed by atoms with Gasteiger partial charge in [0, 0.05) is 18.6 Å². The van der Waals surface area contributed by atoms with Gasteiger partial charge in [-0.25, -0.2) is 0 Å². The molecule has 0 aromatic rings. The summed E-state index contributed by atoms with van der Waals surface area (Å²) >= 11 is 0. The van der Waals surface area contributed by atoms with E-state index in [4.69, 9.17) is 5.73 Å². The number of nitrogens with zero attached hydrogens (tertiary/aromatic N) is 1. The average Bonchev–Trinajstić information content (AvgIpc) is 2.26. The summed E-state index contributed by atoms with van der Waals surface area (Å²) in [6.07, 6.45) is 6.05. The van der Waals surface area contributed by atoms with Crippen molar-refractivity contribution in [3.8, 4) is 0 Å². The zero-order chi connectivity index (χ0) is 11.3. The van der Waals surface area contributed by atoms with E-state index >= 15 is 0 Å². The van der Waals surface area contributed by atoms with E-state index in [2.05, 4.69) is 11.8 Å². The standard InChI is InChI=1S/C12H26N2O/c1-3-14(9-11(2)15)12(10-13)7-5-4-6-8-12/h11,15H,3-10,13H2,1-2H3. The number of hydrogen-bond acceptors (Lipinski definition) is 3. The van der Waals surface area contributed by atoms with Crippen molar-refractivity contribution in [3.05, 3.63) is 0 Å². The highest BCUT2D eigenvalue weighted by molar-refractivity contribution is 4.94. The molecule has 1 unspecified atom stereocenters. The number of aliphatic hydroxyl groups excluding tert-OH is 1. The molecule has 1 aliphatic rings. The normalized spacial score (nSPS) is 23.0. The van der Waals surface area contributed by atoms with Gasteiger partial charge in [0.25, 0.3) is 0 Å². The van der Waals surface area contributed by atoms with E-state index in [1.54, 1.807) is 0 Å². The maximum atomic E-state index is 9.51. The summed E-state index contributed by atoms with van der Waals surface area (Å²) < 4.78 is 0. The van der Waals surface area contributed by atoms with Crippen molar-refractivity contribution in [2.24, 2.45) is 5.73 Å². The predicted octanol–water partition coefficient (Wildman–Crippen LogP) is 1.35. The van der Waals surface area contributed by atoms with Crippen molar-refractivity contribution in [1.82, 2.24) is 4.90 Å². The molecule has 0 radical (unpaired) electrons. The molecule has 1 atom stereocenters. The van der Waals surface area contributed by atoms with E-state index in [-0.39, 0.29) is 11.6 Å². The van der Waals surface area contributed by atoms with Crippen LogP contribution in [0, 0.1) is 0 Å². The molecule has 0 spiro atoms. The Bertz CT molecular complexity index is 176. The third kappa shape index (κ3) is 3.16. The first kappa shape index (κ1) is 12.9. The summed E-state index contributed by atoms with van der Waals surface area (Å²) in [6, 6.07) is 0. The molecule has 90 valence electrons. The Balaban J connectivity index is 2.67. The fourth-order valence-corrected chi connectivity index (χ4v) is 2.84. The first-order valence-corrected chi connectivity index (χ1v) is 6.28. The fourth-order valence-electron chi connectivity index (χ4n) is 2.84. The Morgan fingerprint density at radius 1 is 1.33 bits per heavy atom. The van der Waals surface area contributed by atoms with Gasteiger partial charge in [-0.1, -0.05) is 26.2 Å². The summed E-state index contributed by atoms with van der Waals surface area (Å²) in [5.74, 6) is 0. The quantitative estimate of drug-likeness (QED) is 0.726. The first-order valence-electron chi connectivity index (χ1n) is 6.28. The molecule has 3 nitrogen and oxygen atoms in total. The van der Waals surface area contributed by atoms with Crippen LogP contribution >= 0.6 is 0 Å². The van der Waals surface area contributed by atoms with Gasteiger partial charge < -0.3 is 10.8 Å². The number of β-amino-alcohol motifs (C(OH)–C–C–N with tert-alkyl or cyclic N) is 1. The fraction of sp³-hybridized carbons (Fsp3) is 1.00. The van der Waals surface area contributed by atoms with Crippen LogP contribution in [-0.2, 0) is 0 Å². The number of nitrogens with two attached hydrogens (primary N) is 1. The van der Waals surface area contributed by atoms with Crippen LogP contribution in [0.3, 0.4) is 0 Å². The molecule has 3 heteroatoms. The highest BCUT2D eigenvalue weighted by Crippen LogP contribution is 2.32. The van der Waals surface area contributed by atoms with Gasteiger partial charge in [-0.05, 0) is 26.3 Å². The summed E-state index contributed by atoms with van der Waals surface area (Å²) in [5.41, 5.74) is 6.14. The Kier molecular flexibility index (Phi) is 5.03. The second kappa shape index (κ2) is 5.83. The minimum atomic E-state index is -0.254. The van der Waals surface area contributed by atoms with Gasteiger partial charge in [-0.2, -0.15) is 0 Å². The van der Waals surface area contributed by atoms with E-state index < -0.39 is 0 Å². The van der Waals surface area contributed by atoms with Gasteiger partial charge in [-0.15, -0.1) is 0 Å². The van der Waals surface area contributed by atoms with Gasteiger partial charge in [-0.3, -0.25) is 4.90 Å². The van der Waals surface area contributed by atoms with Gasteiger partial charge >= 0.3 is 0 Å². The van der Waals surface area contributed by atoms with Crippen LogP contribution in [0.1, 0.15) is 46.0 Å². The van der Waals surface area contributed by atoms with Crippen molar-refractivity contribution >= 4 is 0 Å². The zero-order valence-electron chi connectivity index (χ0n) is 10.2. The minimum Gasteiger partial charge on any atom is -0.392 e. The third-order valence-electron chi connectivity index (χ3n) is 3.70. The maximum absolute atomic E-state index is 9.51. The van der Waals surface area contributed by atoms with E-state index in [9.17, 15) is 5.11 Å². The van der Waals surface area contributed by atoms with Crippen molar-refractivity contribution in [2.45, 2.75) is 57.6 Å². The van der Waals surface area contributed by atoms with Crippen LogP contribution in [0.4, 0.5) is 0 Å². The number of rotatable bonds is 5. The molecule has 3 N–H and O–H groups in total. The lowest BCUT2D eigenvalue weighted by Gasteiger charge is -2.46. The predicted molar refractivity (Wildman–Crippen MR) is 63.8 cm³/mol. The molecule has 1 fully saturated rings. The van der Waals surface area contributed by atoms with E-state index in [1.807, 2.05) is 6.92 Å². The molecule has 15 heavy (non-hydrogen) atoms. The summed E-state index contributed by atoms with van der Waals surface area (Å²) in [6.45, 7) is 6.49. The molecule has 0 aliphatic heterocycles. The van der Waals surface area contributed by atoms with Crippen molar-refractivity contribution in [1.29, 1.82) is 0 Å². The molecular formula is C12H26N2O. The SMILES string of the molecule is CCN(CC(C)O)C1(CN)CCCCC1. The van der Waals surface area contributed by atoms with Gasteiger partial charge in [0.05, 0.1) is 6.10 Å². The maximum Gasteiger partial charge on any atom is 0.0639 e. The third-order valence-corrected chi connectivity index (χ3v) is 3.70. The van der Waals surface area contributed by atoms with E-state index in [1.165, 1.54) is 32.1 Å². The van der Waals surface area contributed by atoms with Crippen LogP contribution in [0.5, 0.6) is 0 Å². The van der Waals surface area contributed by atoms with E-state index in [0.717, 1.165) is 19.6 Å². The molecular weight excluding hydrogens is 188 g/mol. The van der Waals surface area contributed by atoms with Crippen molar-refractivity contribution < 1.29 is 5.11 Å². The van der Waals surface area contributed by atoms with Crippen LogP contribution in [0.2, 0.25) is 0 Å². The molecule has 0 amide bonds. The van der Waals surface area contributed by atoms with Crippen LogP contribution < -0.4 is 5.73 Å². The summed E-state index contributed by atoms with van der Waals surface area (Å²) in [5, 5.41) is 9.51. The molecule has 0 aromatic carbocycles. The summed E-state index contributed by atoms with van der Waals surface area (Å²) in [7, 11) is 0.